The largest absolute Gasteiger partial charge is 0.417 e. The van der Waals surface area contributed by atoms with E-state index < -0.39 is 28.7 Å². The van der Waals surface area contributed by atoms with Crippen molar-refractivity contribution in [1.82, 2.24) is 19.7 Å². The first kappa shape index (κ1) is 19.4. The molecule has 9 heteroatoms. The van der Waals surface area contributed by atoms with Gasteiger partial charge in [-0.3, -0.25) is 4.79 Å². The molecule has 2 heterocycles. The zero-order valence-electron chi connectivity index (χ0n) is 15.3. The molecule has 0 saturated carbocycles. The van der Waals surface area contributed by atoms with E-state index in [-0.39, 0.29) is 12.1 Å². The van der Waals surface area contributed by atoms with E-state index in [1.165, 1.54) is 17.0 Å². The number of carbonyl (C=O) groups excluding carboxylic acids is 1. The number of amides is 1. The summed E-state index contributed by atoms with van der Waals surface area (Å²) < 4.78 is 41.6. The number of fused-ring (bicyclic) bond motifs is 1. The summed E-state index contributed by atoms with van der Waals surface area (Å²) >= 11 is 6.00. The molecule has 1 aliphatic rings. The van der Waals surface area contributed by atoms with Gasteiger partial charge in [0.05, 0.1) is 16.1 Å². The lowest BCUT2D eigenvalue weighted by Gasteiger charge is -2.36. The van der Waals surface area contributed by atoms with Gasteiger partial charge < -0.3 is 9.47 Å². The van der Waals surface area contributed by atoms with Gasteiger partial charge in [0.1, 0.15) is 11.9 Å². The van der Waals surface area contributed by atoms with Crippen LogP contribution in [0.2, 0.25) is 5.02 Å². The number of aromatic nitrogens is 3. The first-order valence-corrected chi connectivity index (χ1v) is 9.28. The number of aryl methyl sites for hydroxylation is 1. The van der Waals surface area contributed by atoms with Crippen LogP contribution >= 0.6 is 11.6 Å². The molecular weight excluding hydrogens is 405 g/mol. The van der Waals surface area contributed by atoms with Gasteiger partial charge in [-0.05, 0) is 24.6 Å². The van der Waals surface area contributed by atoms with Crippen LogP contribution in [-0.2, 0) is 12.7 Å². The van der Waals surface area contributed by atoms with Gasteiger partial charge in [0, 0.05) is 13.1 Å². The van der Waals surface area contributed by atoms with Crippen molar-refractivity contribution >= 4 is 17.5 Å². The van der Waals surface area contributed by atoms with Crippen LogP contribution in [0.1, 0.15) is 39.2 Å². The quantitative estimate of drug-likeness (QED) is 0.613. The van der Waals surface area contributed by atoms with Crippen LogP contribution < -0.4 is 0 Å². The highest BCUT2D eigenvalue weighted by Gasteiger charge is 2.38. The third-order valence-corrected chi connectivity index (χ3v) is 5.40. The predicted molar refractivity (Wildman–Crippen MR) is 101 cm³/mol. The molecule has 1 aromatic heterocycles. The second-order valence-electron chi connectivity index (χ2n) is 6.73. The summed E-state index contributed by atoms with van der Waals surface area (Å²) in [6.45, 7) is 2.55. The molecule has 0 aliphatic carbocycles. The molecule has 5 nitrogen and oxygen atoms in total. The molecule has 0 spiro atoms. The zero-order valence-corrected chi connectivity index (χ0v) is 16.1. The number of halogens is 4. The molecule has 29 heavy (non-hydrogen) atoms. The second kappa shape index (κ2) is 7.18. The maximum absolute atomic E-state index is 13.3. The predicted octanol–water partition coefficient (Wildman–Crippen LogP) is 4.50. The van der Waals surface area contributed by atoms with Gasteiger partial charge in [0.15, 0.2) is 5.82 Å². The summed E-state index contributed by atoms with van der Waals surface area (Å²) in [5.41, 5.74) is -0.429. The summed E-state index contributed by atoms with van der Waals surface area (Å²) in [6, 6.07) is 12.0. The van der Waals surface area contributed by atoms with Gasteiger partial charge in [0.25, 0.3) is 5.91 Å². The minimum Gasteiger partial charge on any atom is -0.322 e. The molecule has 0 saturated heterocycles. The number of nitrogens with zero attached hydrogens (tertiary/aromatic N) is 4. The van der Waals surface area contributed by atoms with Crippen LogP contribution in [0, 0.1) is 6.92 Å². The van der Waals surface area contributed by atoms with Gasteiger partial charge in [-0.2, -0.15) is 13.2 Å². The van der Waals surface area contributed by atoms with Crippen LogP contribution in [0.15, 0.2) is 48.5 Å². The lowest BCUT2D eigenvalue weighted by atomic mass is 10.0. The van der Waals surface area contributed by atoms with Crippen LogP contribution in [0.5, 0.6) is 0 Å². The molecule has 1 aliphatic heterocycles. The Hall–Kier alpha value is -2.87. The number of rotatable bonds is 2. The maximum Gasteiger partial charge on any atom is 0.417 e. The minimum atomic E-state index is -4.65. The fraction of sp³-hybridized carbons (Fsp3) is 0.250. The molecule has 0 radical (unpaired) electrons. The van der Waals surface area contributed by atoms with E-state index in [4.69, 9.17) is 11.6 Å². The van der Waals surface area contributed by atoms with Crippen LogP contribution in [0.25, 0.3) is 0 Å². The topological polar surface area (TPSA) is 51.0 Å². The molecule has 3 aromatic rings. The van der Waals surface area contributed by atoms with Crippen molar-refractivity contribution in [1.29, 1.82) is 0 Å². The van der Waals surface area contributed by atoms with E-state index >= 15 is 0 Å². The average molecular weight is 421 g/mol. The Morgan fingerprint density at radius 2 is 1.79 bits per heavy atom. The number of carbonyl (C=O) groups is 1. The third-order valence-electron chi connectivity index (χ3n) is 5.00. The van der Waals surface area contributed by atoms with E-state index in [1.54, 1.807) is 0 Å². The fourth-order valence-electron chi connectivity index (χ4n) is 3.61. The SMILES string of the molecule is Cc1nnc2n1CCN(C(=O)c1cccc(C(F)(F)F)c1Cl)[C@@H]2c1ccccc1. The van der Waals surface area contributed by atoms with Crippen molar-refractivity contribution in [3.8, 4) is 0 Å². The maximum atomic E-state index is 13.3. The Morgan fingerprint density at radius 1 is 1.07 bits per heavy atom. The summed E-state index contributed by atoms with van der Waals surface area (Å²) in [5, 5.41) is 7.73. The van der Waals surface area contributed by atoms with Crippen LogP contribution in [-0.4, -0.2) is 32.1 Å². The highest BCUT2D eigenvalue weighted by molar-refractivity contribution is 6.34. The first-order valence-electron chi connectivity index (χ1n) is 8.90. The molecule has 0 N–H and O–H groups in total. The van der Waals surface area contributed by atoms with Crippen LogP contribution in [0.3, 0.4) is 0 Å². The second-order valence-corrected chi connectivity index (χ2v) is 7.11. The molecule has 0 bridgehead atoms. The average Bonchev–Trinajstić information content (AvgIpc) is 3.07. The molecule has 2 aromatic carbocycles. The Balaban J connectivity index is 1.81. The normalized spacial score (nSPS) is 16.6. The Bertz CT molecular complexity index is 1070. The standard InChI is InChI=1S/C20H16ClF3N4O/c1-12-25-26-18-17(13-6-3-2-4-7-13)28(11-10-27(12)18)19(29)14-8-5-9-15(16(14)21)20(22,23)24/h2-9,17H,10-11H2,1H3/t17-/m1/s1. The number of hydrogen-bond acceptors (Lipinski definition) is 3. The van der Waals surface area contributed by atoms with Gasteiger partial charge in [0.2, 0.25) is 0 Å². The van der Waals surface area contributed by atoms with Crippen molar-refractivity contribution in [3.05, 3.63) is 81.9 Å². The minimum absolute atomic E-state index is 0.188. The number of hydrogen-bond donors (Lipinski definition) is 0. The summed E-state index contributed by atoms with van der Waals surface area (Å²) in [5.74, 6) is 0.698. The smallest absolute Gasteiger partial charge is 0.322 e. The van der Waals surface area contributed by atoms with Crippen molar-refractivity contribution in [2.24, 2.45) is 0 Å². The molecule has 0 fully saturated rings. The van der Waals surface area contributed by atoms with Gasteiger partial charge in [-0.1, -0.05) is 48.0 Å². The lowest BCUT2D eigenvalue weighted by Crippen LogP contribution is -2.43. The van der Waals surface area contributed by atoms with E-state index in [0.717, 1.165) is 11.6 Å². The van der Waals surface area contributed by atoms with Gasteiger partial charge >= 0.3 is 6.18 Å². The van der Waals surface area contributed by atoms with Crippen molar-refractivity contribution in [3.63, 3.8) is 0 Å². The Morgan fingerprint density at radius 3 is 2.48 bits per heavy atom. The molecule has 0 unspecified atom stereocenters. The molecular formula is C20H16ClF3N4O. The zero-order chi connectivity index (χ0) is 20.8. The van der Waals surface area contributed by atoms with Crippen LogP contribution in [0.4, 0.5) is 13.2 Å². The summed E-state index contributed by atoms with van der Waals surface area (Å²) in [4.78, 5) is 14.8. The first-order chi connectivity index (χ1) is 13.8. The summed E-state index contributed by atoms with van der Waals surface area (Å²) in [7, 11) is 0. The highest BCUT2D eigenvalue weighted by atomic mass is 35.5. The Kier molecular flexibility index (Phi) is 4.82. The fourth-order valence-corrected chi connectivity index (χ4v) is 3.92. The molecule has 150 valence electrons. The van der Waals surface area contributed by atoms with Crippen molar-refractivity contribution in [2.75, 3.05) is 6.54 Å². The third kappa shape index (κ3) is 3.37. The molecule has 4 rings (SSSR count). The highest BCUT2D eigenvalue weighted by Crippen LogP contribution is 2.38. The van der Waals surface area contributed by atoms with Gasteiger partial charge in [-0.25, -0.2) is 0 Å². The number of alkyl halides is 3. The Labute approximate surface area is 169 Å². The van der Waals surface area contributed by atoms with Crippen molar-refractivity contribution < 1.29 is 18.0 Å². The molecule has 1 atom stereocenters. The van der Waals surface area contributed by atoms with Gasteiger partial charge in [-0.15, -0.1) is 10.2 Å². The lowest BCUT2D eigenvalue weighted by molar-refractivity contribution is -0.137. The monoisotopic (exact) mass is 420 g/mol. The van der Waals surface area contributed by atoms with E-state index in [1.807, 2.05) is 41.8 Å². The molecule has 1 amide bonds. The van der Waals surface area contributed by atoms with E-state index in [0.29, 0.717) is 18.2 Å². The number of benzene rings is 2. The summed E-state index contributed by atoms with van der Waals surface area (Å²) in [6.07, 6.45) is -4.65. The van der Waals surface area contributed by atoms with E-state index in [2.05, 4.69) is 10.2 Å². The van der Waals surface area contributed by atoms with Crippen molar-refractivity contribution in [2.45, 2.75) is 25.7 Å². The van der Waals surface area contributed by atoms with E-state index in [9.17, 15) is 18.0 Å².